The van der Waals surface area contributed by atoms with E-state index in [0.717, 1.165) is 0 Å². The molecule has 5 heteroatoms. The van der Waals surface area contributed by atoms with Gasteiger partial charge in [0.05, 0.1) is 5.56 Å². The molecule has 0 spiro atoms. The Hall–Kier alpha value is -2.33. The molecular weight excluding hydrogens is 283 g/mol. The highest BCUT2D eigenvalue weighted by molar-refractivity contribution is 6.31. The van der Waals surface area contributed by atoms with E-state index in [0.29, 0.717) is 27.3 Å². The quantitative estimate of drug-likeness (QED) is 0.751. The fourth-order valence-electron chi connectivity index (χ4n) is 2.06. The van der Waals surface area contributed by atoms with E-state index in [1.807, 2.05) is 0 Å². The van der Waals surface area contributed by atoms with Crippen molar-refractivity contribution in [2.24, 2.45) is 0 Å². The molecular formula is C15H8ClFO3. The van der Waals surface area contributed by atoms with Crippen molar-refractivity contribution in [1.82, 2.24) is 0 Å². The van der Waals surface area contributed by atoms with Gasteiger partial charge in [-0.2, -0.15) is 0 Å². The zero-order valence-electron chi connectivity index (χ0n) is 10.1. The van der Waals surface area contributed by atoms with Crippen LogP contribution in [0.2, 0.25) is 5.02 Å². The Morgan fingerprint density at radius 1 is 1.15 bits per heavy atom. The summed E-state index contributed by atoms with van der Waals surface area (Å²) in [7, 11) is 0. The SMILES string of the molecule is O=C(O)c1cc(Cl)ccc1-c1cc2cc(F)ccc2o1. The van der Waals surface area contributed by atoms with Crippen LogP contribution >= 0.6 is 11.6 Å². The van der Waals surface area contributed by atoms with Gasteiger partial charge in [0.15, 0.2) is 0 Å². The minimum atomic E-state index is -1.10. The lowest BCUT2D eigenvalue weighted by molar-refractivity contribution is 0.0697. The average molecular weight is 291 g/mol. The highest BCUT2D eigenvalue weighted by Crippen LogP contribution is 2.31. The van der Waals surface area contributed by atoms with Crippen LogP contribution in [0.25, 0.3) is 22.3 Å². The summed E-state index contributed by atoms with van der Waals surface area (Å²) in [5.74, 6) is -1.12. The standard InChI is InChI=1S/C15H8ClFO3/c16-9-1-3-11(12(7-9)15(18)19)14-6-8-5-10(17)2-4-13(8)20-14/h1-7H,(H,18,19). The molecule has 0 radical (unpaired) electrons. The molecule has 1 aromatic heterocycles. The Balaban J connectivity index is 2.22. The van der Waals surface area contributed by atoms with E-state index in [2.05, 4.69) is 0 Å². The van der Waals surface area contributed by atoms with E-state index in [1.54, 1.807) is 18.2 Å². The number of carbonyl (C=O) groups is 1. The molecule has 0 atom stereocenters. The van der Waals surface area contributed by atoms with Crippen LogP contribution in [0.15, 0.2) is 46.9 Å². The highest BCUT2D eigenvalue weighted by atomic mass is 35.5. The number of fused-ring (bicyclic) bond motifs is 1. The van der Waals surface area contributed by atoms with Crippen LogP contribution in [0.3, 0.4) is 0 Å². The molecule has 0 aliphatic rings. The van der Waals surface area contributed by atoms with Crippen molar-refractivity contribution in [2.75, 3.05) is 0 Å². The summed E-state index contributed by atoms with van der Waals surface area (Å²) in [4.78, 5) is 11.3. The number of rotatable bonds is 2. The van der Waals surface area contributed by atoms with Crippen LogP contribution < -0.4 is 0 Å². The van der Waals surface area contributed by atoms with Crippen LogP contribution in [0.4, 0.5) is 4.39 Å². The first-order valence-electron chi connectivity index (χ1n) is 5.77. The molecule has 0 saturated heterocycles. The second kappa shape index (κ2) is 4.65. The summed E-state index contributed by atoms with van der Waals surface area (Å²) in [5.41, 5.74) is 0.934. The van der Waals surface area contributed by atoms with Crippen molar-refractivity contribution < 1.29 is 18.7 Å². The van der Waals surface area contributed by atoms with Gasteiger partial charge in [0.2, 0.25) is 0 Å². The molecule has 0 aliphatic heterocycles. The predicted molar refractivity (Wildman–Crippen MR) is 73.6 cm³/mol. The Bertz CT molecular complexity index is 823. The van der Waals surface area contributed by atoms with Crippen molar-refractivity contribution in [1.29, 1.82) is 0 Å². The van der Waals surface area contributed by atoms with E-state index in [-0.39, 0.29) is 11.4 Å². The number of aromatic carboxylic acids is 1. The van der Waals surface area contributed by atoms with E-state index in [9.17, 15) is 14.3 Å². The fourth-order valence-corrected chi connectivity index (χ4v) is 2.23. The molecule has 0 amide bonds. The zero-order chi connectivity index (χ0) is 14.3. The first kappa shape index (κ1) is 12.7. The Labute approximate surface area is 118 Å². The summed E-state index contributed by atoms with van der Waals surface area (Å²) in [6.45, 7) is 0. The van der Waals surface area contributed by atoms with Gasteiger partial charge in [0.25, 0.3) is 0 Å². The number of carboxylic acids is 1. The van der Waals surface area contributed by atoms with Crippen LogP contribution in [0.1, 0.15) is 10.4 Å². The molecule has 3 aromatic rings. The van der Waals surface area contributed by atoms with Crippen molar-refractivity contribution in [3.63, 3.8) is 0 Å². The van der Waals surface area contributed by atoms with Crippen molar-refractivity contribution in [3.05, 3.63) is 58.9 Å². The average Bonchev–Trinajstić information content (AvgIpc) is 2.81. The maximum Gasteiger partial charge on any atom is 0.336 e. The lowest BCUT2D eigenvalue weighted by Crippen LogP contribution is -1.98. The lowest BCUT2D eigenvalue weighted by Gasteiger charge is -2.03. The number of furan rings is 1. The van der Waals surface area contributed by atoms with Crippen LogP contribution in [0, 0.1) is 5.82 Å². The van der Waals surface area contributed by atoms with Crippen LogP contribution in [-0.4, -0.2) is 11.1 Å². The Kier molecular flexibility index (Phi) is 2.95. The molecule has 0 aliphatic carbocycles. The number of hydrogen-bond acceptors (Lipinski definition) is 2. The van der Waals surface area contributed by atoms with Gasteiger partial charge < -0.3 is 9.52 Å². The Morgan fingerprint density at radius 2 is 1.95 bits per heavy atom. The highest BCUT2D eigenvalue weighted by Gasteiger charge is 2.16. The lowest BCUT2D eigenvalue weighted by atomic mass is 10.1. The molecule has 3 rings (SSSR count). The van der Waals surface area contributed by atoms with Gasteiger partial charge in [0, 0.05) is 16.0 Å². The van der Waals surface area contributed by atoms with Crippen molar-refractivity contribution in [3.8, 4) is 11.3 Å². The molecule has 0 saturated carbocycles. The number of hydrogen-bond donors (Lipinski definition) is 1. The monoisotopic (exact) mass is 290 g/mol. The minimum Gasteiger partial charge on any atom is -0.478 e. The molecule has 1 heterocycles. The Morgan fingerprint density at radius 3 is 2.70 bits per heavy atom. The molecule has 20 heavy (non-hydrogen) atoms. The second-order valence-electron chi connectivity index (χ2n) is 4.29. The molecule has 1 N–H and O–H groups in total. The fraction of sp³-hybridized carbons (Fsp3) is 0. The van der Waals surface area contributed by atoms with Gasteiger partial charge in [0.1, 0.15) is 17.2 Å². The van der Waals surface area contributed by atoms with E-state index < -0.39 is 5.97 Å². The third-order valence-corrected chi connectivity index (χ3v) is 3.19. The van der Waals surface area contributed by atoms with Gasteiger partial charge in [-0.15, -0.1) is 0 Å². The smallest absolute Gasteiger partial charge is 0.336 e. The molecule has 0 bridgehead atoms. The summed E-state index contributed by atoms with van der Waals surface area (Å²) >= 11 is 5.80. The molecule has 3 nitrogen and oxygen atoms in total. The van der Waals surface area contributed by atoms with E-state index >= 15 is 0 Å². The maximum atomic E-state index is 13.2. The predicted octanol–water partition coefficient (Wildman–Crippen LogP) is 4.59. The summed E-state index contributed by atoms with van der Waals surface area (Å²) < 4.78 is 18.7. The zero-order valence-corrected chi connectivity index (χ0v) is 10.8. The van der Waals surface area contributed by atoms with Gasteiger partial charge in [-0.1, -0.05) is 11.6 Å². The second-order valence-corrected chi connectivity index (χ2v) is 4.72. The number of benzene rings is 2. The van der Waals surface area contributed by atoms with Crippen LogP contribution in [-0.2, 0) is 0 Å². The molecule has 0 unspecified atom stereocenters. The van der Waals surface area contributed by atoms with Crippen LogP contribution in [0.5, 0.6) is 0 Å². The van der Waals surface area contributed by atoms with Gasteiger partial charge in [-0.3, -0.25) is 0 Å². The largest absolute Gasteiger partial charge is 0.478 e. The first-order valence-corrected chi connectivity index (χ1v) is 6.15. The summed E-state index contributed by atoms with van der Waals surface area (Å²) in [6.07, 6.45) is 0. The molecule has 100 valence electrons. The van der Waals surface area contributed by atoms with Crippen molar-refractivity contribution in [2.45, 2.75) is 0 Å². The topological polar surface area (TPSA) is 50.4 Å². The number of halogens is 2. The third-order valence-electron chi connectivity index (χ3n) is 2.96. The van der Waals surface area contributed by atoms with E-state index in [4.69, 9.17) is 16.0 Å². The minimum absolute atomic E-state index is 0.0389. The van der Waals surface area contributed by atoms with Gasteiger partial charge in [-0.05, 0) is 42.5 Å². The summed E-state index contributed by atoms with van der Waals surface area (Å²) in [5, 5.41) is 10.1. The van der Waals surface area contributed by atoms with Gasteiger partial charge in [-0.25, -0.2) is 9.18 Å². The van der Waals surface area contributed by atoms with Gasteiger partial charge >= 0.3 is 5.97 Å². The molecule has 2 aromatic carbocycles. The number of carboxylic acid groups (broad SMARTS) is 1. The third kappa shape index (κ3) is 2.14. The normalized spacial score (nSPS) is 10.9. The first-order chi connectivity index (χ1) is 9.54. The maximum absolute atomic E-state index is 13.2. The summed E-state index contributed by atoms with van der Waals surface area (Å²) in [6, 6.07) is 10.2. The molecule has 0 fully saturated rings. The van der Waals surface area contributed by atoms with Crippen molar-refractivity contribution >= 4 is 28.5 Å². The van der Waals surface area contributed by atoms with E-state index in [1.165, 1.54) is 24.3 Å².